The van der Waals surface area contributed by atoms with Crippen molar-refractivity contribution >= 4 is 5.91 Å². The fourth-order valence-electron chi connectivity index (χ4n) is 4.73. The van der Waals surface area contributed by atoms with Crippen LogP contribution in [0.1, 0.15) is 16.7 Å². The Kier molecular flexibility index (Phi) is 10.5. The number of amides is 1. The fraction of sp³-hybridized carbons (Fsp3) is 0.233. The van der Waals surface area contributed by atoms with Gasteiger partial charge in [0, 0.05) is 19.0 Å². The van der Waals surface area contributed by atoms with Gasteiger partial charge in [-0.05, 0) is 47.4 Å². The molecule has 0 saturated carbocycles. The summed E-state index contributed by atoms with van der Waals surface area (Å²) in [5.74, 6) is 2.65. The van der Waals surface area contributed by atoms with E-state index in [0.717, 1.165) is 31.3 Å². The molecule has 0 aliphatic carbocycles. The van der Waals surface area contributed by atoms with Gasteiger partial charge >= 0.3 is 18.9 Å². The highest BCUT2D eigenvalue weighted by atomic mass is 19.4. The Labute approximate surface area is 251 Å². The van der Waals surface area contributed by atoms with Crippen LogP contribution in [0.15, 0.2) is 103 Å². The second-order valence-corrected chi connectivity index (χ2v) is 9.65. The zero-order valence-corrected chi connectivity index (χ0v) is 23.4. The number of allylic oxidation sites excluding steroid dienone is 1. The maximum absolute atomic E-state index is 13.8. The van der Waals surface area contributed by atoms with E-state index in [1.54, 1.807) is 30.3 Å². The van der Waals surface area contributed by atoms with Crippen LogP contribution in [0, 0.1) is 0 Å². The van der Waals surface area contributed by atoms with Gasteiger partial charge in [-0.3, -0.25) is 4.79 Å². The van der Waals surface area contributed by atoms with Gasteiger partial charge in [0.2, 0.25) is 0 Å². The molecule has 3 rings (SSSR count). The molecular formula is C30H26F9N3O3. The third-order valence-electron chi connectivity index (χ3n) is 6.46. The Balaban J connectivity index is 2.29. The number of ether oxygens (including phenoxy) is 2. The highest BCUT2D eigenvalue weighted by Crippen LogP contribution is 2.40. The lowest BCUT2D eigenvalue weighted by atomic mass is 9.70. The summed E-state index contributed by atoms with van der Waals surface area (Å²) < 4.78 is 128. The molecule has 0 saturated heterocycles. The highest BCUT2D eigenvalue weighted by Gasteiger charge is 2.42. The minimum absolute atomic E-state index is 0.00804. The smallest absolute Gasteiger partial charge is 0.406 e. The van der Waals surface area contributed by atoms with Crippen LogP contribution >= 0.6 is 0 Å². The van der Waals surface area contributed by atoms with Crippen LogP contribution in [0.4, 0.5) is 39.5 Å². The number of rotatable bonds is 11. The van der Waals surface area contributed by atoms with Crippen LogP contribution < -0.4 is 20.6 Å². The van der Waals surface area contributed by atoms with Gasteiger partial charge in [0.05, 0.1) is 5.57 Å². The van der Waals surface area contributed by atoms with Gasteiger partial charge in [0.25, 0.3) is 5.91 Å². The maximum atomic E-state index is 13.8. The van der Waals surface area contributed by atoms with Crippen molar-refractivity contribution in [2.75, 3.05) is 13.6 Å². The molecule has 0 spiro atoms. The summed E-state index contributed by atoms with van der Waals surface area (Å²) in [6, 6.07) is 17.1. The van der Waals surface area contributed by atoms with Crippen LogP contribution in [0.25, 0.3) is 0 Å². The van der Waals surface area contributed by atoms with E-state index in [9.17, 15) is 44.3 Å². The minimum atomic E-state index is -5.11. The molecule has 45 heavy (non-hydrogen) atoms. The molecule has 0 radical (unpaired) electrons. The van der Waals surface area contributed by atoms with Crippen LogP contribution in [-0.2, 0) is 16.6 Å². The first-order valence-electron chi connectivity index (χ1n) is 12.8. The number of hydrogen-bond acceptors (Lipinski definition) is 5. The Morgan fingerprint density at radius 2 is 1.31 bits per heavy atom. The minimum Gasteiger partial charge on any atom is -0.406 e. The van der Waals surface area contributed by atoms with Crippen molar-refractivity contribution in [1.29, 1.82) is 0 Å². The van der Waals surface area contributed by atoms with E-state index < -0.39 is 59.5 Å². The van der Waals surface area contributed by atoms with Crippen molar-refractivity contribution in [1.82, 2.24) is 10.3 Å². The molecule has 0 atom stereocenters. The monoisotopic (exact) mass is 647 g/mol. The lowest BCUT2D eigenvalue weighted by Gasteiger charge is -2.36. The zero-order valence-electron chi connectivity index (χ0n) is 23.4. The van der Waals surface area contributed by atoms with Crippen molar-refractivity contribution in [3.8, 4) is 11.5 Å². The van der Waals surface area contributed by atoms with Crippen molar-refractivity contribution in [3.63, 3.8) is 0 Å². The van der Waals surface area contributed by atoms with E-state index in [-0.39, 0.29) is 22.6 Å². The quantitative estimate of drug-likeness (QED) is 0.0776. The first-order valence-corrected chi connectivity index (χ1v) is 12.8. The SMILES string of the molecule is C=C/C(C(=O)NCC(Cc1ccccc1)(c1cccc(OC(F)(F)F)c1)c1cccc(OC(F)(F)F)c1)=C(\N(C)N)C(F)(F)F. The lowest BCUT2D eigenvalue weighted by molar-refractivity contribution is -0.275. The topological polar surface area (TPSA) is 76.8 Å². The number of nitrogens with zero attached hydrogens (tertiary/aromatic N) is 1. The van der Waals surface area contributed by atoms with Gasteiger partial charge < -0.3 is 19.8 Å². The third kappa shape index (κ3) is 9.41. The standard InChI is InChI=1S/C30H26F9N3O3/c1-3-24(25(42(2)40)28(31,32)33)26(43)41-18-27(17-19-9-5-4-6-10-19,20-11-7-13-22(15-20)44-29(34,35)36)21-12-8-14-23(16-21)45-30(37,38)39/h3-16H,1,17-18,40H2,2H3,(H,41,43)/b25-24+. The normalized spacial score (nSPS) is 13.0. The Bertz CT molecular complexity index is 1460. The number of benzene rings is 3. The molecule has 3 aromatic carbocycles. The Morgan fingerprint density at radius 1 is 0.822 bits per heavy atom. The summed E-state index contributed by atoms with van der Waals surface area (Å²) in [5.41, 5.74) is -3.73. The average Bonchev–Trinajstić information content (AvgIpc) is 2.91. The summed E-state index contributed by atoms with van der Waals surface area (Å²) in [4.78, 5) is 13.3. The van der Waals surface area contributed by atoms with Gasteiger partial charge in [-0.25, -0.2) is 5.84 Å². The van der Waals surface area contributed by atoms with E-state index in [4.69, 9.17) is 5.84 Å². The van der Waals surface area contributed by atoms with Crippen molar-refractivity contribution in [2.45, 2.75) is 30.7 Å². The molecule has 15 heteroatoms. The van der Waals surface area contributed by atoms with Gasteiger partial charge in [0.1, 0.15) is 17.2 Å². The number of alkyl halides is 9. The number of carbonyl (C=O) groups excluding carboxylic acids is 1. The van der Waals surface area contributed by atoms with Crippen LogP contribution in [0.3, 0.4) is 0 Å². The molecule has 0 aliphatic rings. The number of nitrogens with one attached hydrogen (secondary N) is 1. The fourth-order valence-corrected chi connectivity index (χ4v) is 4.73. The van der Waals surface area contributed by atoms with Gasteiger partial charge in [0.15, 0.2) is 0 Å². The molecule has 0 unspecified atom stereocenters. The molecule has 0 fully saturated rings. The molecule has 0 aliphatic heterocycles. The Morgan fingerprint density at radius 3 is 1.71 bits per heavy atom. The summed E-state index contributed by atoms with van der Waals surface area (Å²) in [6.45, 7) is 2.64. The molecule has 3 N–H and O–H groups in total. The summed E-state index contributed by atoms with van der Waals surface area (Å²) >= 11 is 0. The van der Waals surface area contributed by atoms with Gasteiger partial charge in [-0.1, -0.05) is 67.3 Å². The molecule has 1 amide bonds. The number of nitrogens with two attached hydrogens (primary N) is 1. The molecule has 242 valence electrons. The van der Waals surface area contributed by atoms with Crippen molar-refractivity contribution < 1.29 is 53.8 Å². The van der Waals surface area contributed by atoms with E-state index in [1.165, 1.54) is 24.3 Å². The van der Waals surface area contributed by atoms with Gasteiger partial charge in [-0.2, -0.15) is 13.2 Å². The second-order valence-electron chi connectivity index (χ2n) is 9.65. The van der Waals surface area contributed by atoms with Crippen LogP contribution in [0.5, 0.6) is 11.5 Å². The predicted octanol–water partition coefficient (Wildman–Crippen LogP) is 6.94. The number of hydrogen-bond donors (Lipinski definition) is 2. The number of hydrazine groups is 1. The maximum Gasteiger partial charge on any atom is 0.573 e. The van der Waals surface area contributed by atoms with E-state index in [0.29, 0.717) is 11.6 Å². The number of carbonyl (C=O) groups is 1. The molecule has 0 heterocycles. The highest BCUT2D eigenvalue weighted by molar-refractivity contribution is 5.97. The lowest BCUT2D eigenvalue weighted by Crippen LogP contribution is -2.45. The first kappa shape index (κ1) is 34.8. The third-order valence-corrected chi connectivity index (χ3v) is 6.46. The molecule has 3 aromatic rings. The van der Waals surface area contributed by atoms with Crippen molar-refractivity contribution in [2.24, 2.45) is 5.84 Å². The van der Waals surface area contributed by atoms with Crippen molar-refractivity contribution in [3.05, 3.63) is 119 Å². The summed E-state index contributed by atoms with van der Waals surface area (Å²) in [7, 11) is 0.845. The zero-order chi connectivity index (χ0) is 33.6. The largest absolute Gasteiger partial charge is 0.573 e. The summed E-state index contributed by atoms with van der Waals surface area (Å²) in [5, 5.41) is 2.53. The Hall–Kier alpha value is -4.66. The average molecular weight is 648 g/mol. The summed E-state index contributed by atoms with van der Waals surface area (Å²) in [6.07, 6.45) is -14.9. The van der Waals surface area contributed by atoms with E-state index in [1.807, 2.05) is 0 Å². The van der Waals surface area contributed by atoms with Crippen LogP contribution in [0.2, 0.25) is 0 Å². The molecule has 0 aromatic heterocycles. The van der Waals surface area contributed by atoms with E-state index in [2.05, 4.69) is 21.4 Å². The second kappa shape index (κ2) is 13.5. The molecule has 6 nitrogen and oxygen atoms in total. The first-order chi connectivity index (χ1) is 20.8. The molecular weight excluding hydrogens is 621 g/mol. The van der Waals surface area contributed by atoms with Crippen LogP contribution in [-0.4, -0.2) is 43.4 Å². The predicted molar refractivity (Wildman–Crippen MR) is 145 cm³/mol. The van der Waals surface area contributed by atoms with Gasteiger partial charge in [-0.15, -0.1) is 26.3 Å². The molecule has 0 bridgehead atoms. The number of halogens is 9. The van der Waals surface area contributed by atoms with E-state index >= 15 is 0 Å².